The van der Waals surface area contributed by atoms with Crippen LogP contribution < -0.4 is 16.4 Å². The zero-order valence-electron chi connectivity index (χ0n) is 9.29. The van der Waals surface area contributed by atoms with Gasteiger partial charge in [0.05, 0.1) is 10.6 Å². The molecule has 0 bridgehead atoms. The van der Waals surface area contributed by atoms with Crippen LogP contribution in [0.15, 0.2) is 12.3 Å². The zero-order valence-corrected chi connectivity index (χ0v) is 10.0. The zero-order chi connectivity index (χ0) is 12.8. The molecule has 92 valence electrons. The summed E-state index contributed by atoms with van der Waals surface area (Å²) in [5, 5.41) is 5.59. The summed E-state index contributed by atoms with van der Waals surface area (Å²) in [7, 11) is 1.69. The summed E-state index contributed by atoms with van der Waals surface area (Å²) in [5.74, 6) is -0.299. The van der Waals surface area contributed by atoms with Crippen molar-refractivity contribution in [3.63, 3.8) is 0 Å². The van der Waals surface area contributed by atoms with Gasteiger partial charge < -0.3 is 16.4 Å². The molecule has 1 aromatic heterocycles. The monoisotopic (exact) mass is 256 g/mol. The van der Waals surface area contributed by atoms with Crippen LogP contribution in [0.3, 0.4) is 0 Å². The van der Waals surface area contributed by atoms with Crippen LogP contribution in [0.25, 0.3) is 0 Å². The minimum atomic E-state index is -0.470. The van der Waals surface area contributed by atoms with E-state index >= 15 is 0 Å². The van der Waals surface area contributed by atoms with Gasteiger partial charge in [-0.3, -0.25) is 9.59 Å². The quantitative estimate of drug-likeness (QED) is 0.710. The van der Waals surface area contributed by atoms with E-state index in [4.69, 9.17) is 17.3 Å². The first kappa shape index (κ1) is 13.2. The van der Waals surface area contributed by atoms with E-state index in [2.05, 4.69) is 15.6 Å². The van der Waals surface area contributed by atoms with E-state index in [1.807, 2.05) is 0 Å². The molecular formula is C10H13ClN4O2. The Bertz CT molecular complexity index is 436. The van der Waals surface area contributed by atoms with Crippen LogP contribution in [-0.2, 0) is 4.79 Å². The Morgan fingerprint density at radius 3 is 2.82 bits per heavy atom. The number of anilines is 1. The van der Waals surface area contributed by atoms with Crippen molar-refractivity contribution < 1.29 is 9.59 Å². The highest BCUT2D eigenvalue weighted by Crippen LogP contribution is 2.17. The van der Waals surface area contributed by atoms with E-state index in [-0.39, 0.29) is 23.9 Å². The highest BCUT2D eigenvalue weighted by Gasteiger charge is 2.11. The number of nitrogens with one attached hydrogen (secondary N) is 2. The lowest BCUT2D eigenvalue weighted by Gasteiger charge is -2.07. The number of amides is 2. The minimum Gasteiger partial charge on any atom is -0.373 e. The molecule has 6 nitrogen and oxygen atoms in total. The maximum Gasteiger partial charge on any atom is 0.253 e. The van der Waals surface area contributed by atoms with Gasteiger partial charge in [-0.25, -0.2) is 4.98 Å². The van der Waals surface area contributed by atoms with Crippen LogP contribution >= 0.6 is 11.6 Å². The number of carbonyl (C=O) groups is 2. The Kier molecular flexibility index (Phi) is 4.71. The van der Waals surface area contributed by atoms with Gasteiger partial charge in [0.15, 0.2) is 0 Å². The Labute approximate surface area is 104 Å². The van der Waals surface area contributed by atoms with Gasteiger partial charge in [0.1, 0.15) is 5.82 Å². The number of nitrogens with zero attached hydrogens (tertiary/aromatic N) is 1. The maximum atomic E-state index is 11.7. The lowest BCUT2D eigenvalue weighted by Crippen LogP contribution is -2.28. The third-order valence-electron chi connectivity index (χ3n) is 2.01. The molecule has 0 saturated heterocycles. The largest absolute Gasteiger partial charge is 0.373 e. The number of aromatic nitrogens is 1. The van der Waals surface area contributed by atoms with Crippen LogP contribution in [0.5, 0.6) is 0 Å². The van der Waals surface area contributed by atoms with E-state index in [1.165, 1.54) is 12.3 Å². The van der Waals surface area contributed by atoms with Crippen molar-refractivity contribution in [3.05, 3.63) is 22.8 Å². The molecule has 1 heterocycles. The average Bonchev–Trinajstić information content (AvgIpc) is 2.29. The predicted octanol–water partition coefficient (Wildman–Crippen LogP) is 0.382. The SMILES string of the molecule is CNc1cc(C(=O)NCCC(N)=O)c(Cl)cn1. The molecule has 0 fully saturated rings. The molecule has 0 saturated carbocycles. The first-order valence-electron chi connectivity index (χ1n) is 4.94. The lowest BCUT2D eigenvalue weighted by molar-refractivity contribution is -0.117. The van der Waals surface area contributed by atoms with Gasteiger partial charge in [-0.1, -0.05) is 11.6 Å². The molecule has 4 N–H and O–H groups in total. The summed E-state index contributed by atoms with van der Waals surface area (Å²) < 4.78 is 0. The molecule has 0 atom stereocenters. The fourth-order valence-electron chi connectivity index (χ4n) is 1.14. The normalized spacial score (nSPS) is 9.76. The van der Waals surface area contributed by atoms with Gasteiger partial charge in [0.2, 0.25) is 5.91 Å². The van der Waals surface area contributed by atoms with Gasteiger partial charge in [-0.15, -0.1) is 0 Å². The topological polar surface area (TPSA) is 97.1 Å². The number of hydrogen-bond acceptors (Lipinski definition) is 4. The molecular weight excluding hydrogens is 244 g/mol. The number of rotatable bonds is 5. The van der Waals surface area contributed by atoms with Crippen LogP contribution in [0.2, 0.25) is 5.02 Å². The number of primary amides is 1. The van der Waals surface area contributed by atoms with E-state index in [9.17, 15) is 9.59 Å². The second-order valence-electron chi connectivity index (χ2n) is 3.27. The second-order valence-corrected chi connectivity index (χ2v) is 3.68. The average molecular weight is 257 g/mol. The van der Waals surface area contributed by atoms with Crippen LogP contribution in [0.4, 0.5) is 5.82 Å². The molecule has 2 amide bonds. The first-order chi connectivity index (χ1) is 8.04. The Hall–Kier alpha value is -1.82. The maximum absolute atomic E-state index is 11.7. The fraction of sp³-hybridized carbons (Fsp3) is 0.300. The van der Waals surface area contributed by atoms with E-state index < -0.39 is 5.91 Å². The number of halogens is 1. The van der Waals surface area contributed by atoms with Crippen molar-refractivity contribution in [2.45, 2.75) is 6.42 Å². The van der Waals surface area contributed by atoms with E-state index in [0.29, 0.717) is 11.4 Å². The summed E-state index contributed by atoms with van der Waals surface area (Å²) in [5.41, 5.74) is 5.26. The van der Waals surface area contributed by atoms with Crippen molar-refractivity contribution in [1.29, 1.82) is 0 Å². The number of nitrogens with two attached hydrogens (primary N) is 1. The molecule has 1 rings (SSSR count). The summed E-state index contributed by atoms with van der Waals surface area (Å²) in [6.45, 7) is 0.182. The van der Waals surface area contributed by atoms with Gasteiger partial charge in [-0.05, 0) is 6.07 Å². The summed E-state index contributed by atoms with van der Waals surface area (Å²) >= 11 is 5.85. The van der Waals surface area contributed by atoms with Crippen molar-refractivity contribution in [3.8, 4) is 0 Å². The standard InChI is InChI=1S/C10H13ClN4O2/c1-13-9-4-6(7(11)5-15-9)10(17)14-3-2-8(12)16/h4-5H,2-3H2,1H3,(H2,12,16)(H,13,15)(H,14,17). The van der Waals surface area contributed by atoms with Gasteiger partial charge in [0, 0.05) is 26.2 Å². The fourth-order valence-corrected chi connectivity index (χ4v) is 1.33. The summed E-state index contributed by atoms with van der Waals surface area (Å²) in [6, 6.07) is 1.53. The predicted molar refractivity (Wildman–Crippen MR) is 64.9 cm³/mol. The third-order valence-corrected chi connectivity index (χ3v) is 2.31. The number of hydrogen-bond donors (Lipinski definition) is 3. The highest BCUT2D eigenvalue weighted by atomic mass is 35.5. The molecule has 0 unspecified atom stereocenters. The third kappa shape index (κ3) is 3.92. The molecule has 0 spiro atoms. The van der Waals surface area contributed by atoms with Crippen LogP contribution in [-0.4, -0.2) is 30.4 Å². The van der Waals surface area contributed by atoms with E-state index in [1.54, 1.807) is 7.05 Å². The van der Waals surface area contributed by atoms with Crippen molar-refractivity contribution in [1.82, 2.24) is 10.3 Å². The van der Waals surface area contributed by atoms with E-state index in [0.717, 1.165) is 0 Å². The van der Waals surface area contributed by atoms with Crippen molar-refractivity contribution in [2.24, 2.45) is 5.73 Å². The van der Waals surface area contributed by atoms with Crippen LogP contribution in [0, 0.1) is 0 Å². The molecule has 0 aliphatic carbocycles. The molecule has 0 radical (unpaired) electrons. The molecule has 17 heavy (non-hydrogen) atoms. The number of pyridine rings is 1. The molecule has 0 aromatic carbocycles. The van der Waals surface area contributed by atoms with Crippen molar-refractivity contribution >= 4 is 29.2 Å². The summed E-state index contributed by atoms with van der Waals surface area (Å²) in [6.07, 6.45) is 1.48. The van der Waals surface area contributed by atoms with Gasteiger partial charge in [0.25, 0.3) is 5.91 Å². The summed E-state index contributed by atoms with van der Waals surface area (Å²) in [4.78, 5) is 26.2. The molecule has 1 aromatic rings. The molecule has 0 aliphatic rings. The minimum absolute atomic E-state index is 0.0906. The Balaban J connectivity index is 2.70. The van der Waals surface area contributed by atoms with Gasteiger partial charge >= 0.3 is 0 Å². The first-order valence-corrected chi connectivity index (χ1v) is 5.32. The number of carbonyl (C=O) groups excluding carboxylic acids is 2. The Morgan fingerprint density at radius 2 is 2.24 bits per heavy atom. The van der Waals surface area contributed by atoms with Gasteiger partial charge in [-0.2, -0.15) is 0 Å². The van der Waals surface area contributed by atoms with Crippen molar-refractivity contribution in [2.75, 3.05) is 18.9 Å². The Morgan fingerprint density at radius 1 is 1.53 bits per heavy atom. The van der Waals surface area contributed by atoms with Crippen LogP contribution in [0.1, 0.15) is 16.8 Å². The molecule has 0 aliphatic heterocycles. The molecule has 7 heteroatoms. The smallest absolute Gasteiger partial charge is 0.253 e. The highest BCUT2D eigenvalue weighted by molar-refractivity contribution is 6.33. The lowest BCUT2D eigenvalue weighted by atomic mass is 10.2. The second kappa shape index (κ2) is 6.05.